The molecule has 0 saturated carbocycles. The third-order valence-corrected chi connectivity index (χ3v) is 5.42. The fourth-order valence-electron chi connectivity index (χ4n) is 3.81. The summed E-state index contributed by atoms with van der Waals surface area (Å²) in [5, 5.41) is 0. The lowest BCUT2D eigenvalue weighted by Crippen LogP contribution is -2.15. The van der Waals surface area contributed by atoms with Crippen LogP contribution in [0.1, 0.15) is 68.1 Å². The molecule has 0 amide bonds. The molecular weight excluding hydrogens is 400 g/mol. The van der Waals surface area contributed by atoms with E-state index in [1.165, 1.54) is 22.3 Å². The van der Waals surface area contributed by atoms with Crippen molar-refractivity contribution in [3.8, 4) is 11.5 Å². The van der Waals surface area contributed by atoms with Crippen molar-refractivity contribution in [3.63, 3.8) is 0 Å². The Bertz CT molecular complexity index is 881. The minimum absolute atomic E-state index is 0.109. The second-order valence-corrected chi connectivity index (χ2v) is 8.28. The maximum Gasteiger partial charge on any atom is 0.189 e. The molecule has 4 nitrogen and oxygen atoms in total. The Morgan fingerprint density at radius 1 is 0.625 bits per heavy atom. The summed E-state index contributed by atoms with van der Waals surface area (Å²) in [5.74, 6) is 1.92. The molecule has 0 aliphatic heterocycles. The molecule has 0 aliphatic carbocycles. The molecule has 2 unspecified atom stereocenters. The van der Waals surface area contributed by atoms with Gasteiger partial charge in [-0.1, -0.05) is 67.9 Å². The number of ether oxygens (including phenoxy) is 4. The van der Waals surface area contributed by atoms with Crippen LogP contribution < -0.4 is 9.47 Å². The smallest absolute Gasteiger partial charge is 0.189 e. The third-order valence-electron chi connectivity index (χ3n) is 5.42. The predicted octanol–water partition coefficient (Wildman–Crippen LogP) is 7.35. The Kier molecular flexibility index (Phi) is 8.72. The molecule has 0 aliphatic rings. The van der Waals surface area contributed by atoms with E-state index in [2.05, 4.69) is 46.8 Å². The van der Waals surface area contributed by atoms with Crippen LogP contribution in [0.5, 0.6) is 11.5 Å². The molecule has 0 aromatic heterocycles. The zero-order valence-corrected chi connectivity index (χ0v) is 19.7. The fourth-order valence-corrected chi connectivity index (χ4v) is 3.81. The first kappa shape index (κ1) is 23.8. The molecule has 0 N–H and O–H groups in total. The van der Waals surface area contributed by atoms with Gasteiger partial charge in [-0.15, -0.1) is 0 Å². The maximum absolute atomic E-state index is 6.06. The predicted molar refractivity (Wildman–Crippen MR) is 128 cm³/mol. The number of hydrogen-bond acceptors (Lipinski definition) is 4. The van der Waals surface area contributed by atoms with E-state index in [9.17, 15) is 0 Å². The average molecular weight is 435 g/mol. The van der Waals surface area contributed by atoms with Crippen LogP contribution in [0.25, 0.3) is 0 Å². The van der Waals surface area contributed by atoms with Crippen LogP contribution in [0.4, 0.5) is 0 Å². The second-order valence-electron chi connectivity index (χ2n) is 8.28. The van der Waals surface area contributed by atoms with Gasteiger partial charge in [0.05, 0.1) is 12.2 Å². The van der Waals surface area contributed by atoms with Gasteiger partial charge in [0.1, 0.15) is 11.5 Å². The van der Waals surface area contributed by atoms with Crippen molar-refractivity contribution in [1.29, 1.82) is 0 Å². The lowest BCUT2D eigenvalue weighted by Gasteiger charge is -2.26. The minimum atomic E-state index is -0.109. The van der Waals surface area contributed by atoms with Crippen molar-refractivity contribution in [3.05, 3.63) is 95.1 Å². The molecule has 0 radical (unpaired) electrons. The molecular formula is C28H34O4. The maximum atomic E-state index is 6.06. The van der Waals surface area contributed by atoms with Crippen LogP contribution in [0.3, 0.4) is 0 Å². The van der Waals surface area contributed by atoms with Crippen molar-refractivity contribution in [2.75, 3.05) is 13.6 Å². The largest absolute Gasteiger partial charge is 0.468 e. The molecule has 3 rings (SSSR count). The molecule has 170 valence electrons. The molecule has 0 heterocycles. The van der Waals surface area contributed by atoms with E-state index in [1.54, 1.807) is 0 Å². The lowest BCUT2D eigenvalue weighted by atomic mass is 9.86. The zero-order chi connectivity index (χ0) is 22.9. The fraction of sp³-hybridized carbons (Fsp3) is 0.357. The van der Waals surface area contributed by atoms with E-state index in [1.807, 2.05) is 60.7 Å². The van der Waals surface area contributed by atoms with Crippen LogP contribution in [0, 0.1) is 6.92 Å². The van der Waals surface area contributed by atoms with Gasteiger partial charge < -0.3 is 18.9 Å². The average Bonchev–Trinajstić information content (AvgIpc) is 2.79. The van der Waals surface area contributed by atoms with Crippen molar-refractivity contribution in [2.24, 2.45) is 0 Å². The number of rotatable bonds is 11. The summed E-state index contributed by atoms with van der Waals surface area (Å²) < 4.78 is 23.6. The lowest BCUT2D eigenvalue weighted by molar-refractivity contribution is -0.0328. The van der Waals surface area contributed by atoms with Gasteiger partial charge in [0.15, 0.2) is 13.6 Å². The SMILES string of the molecule is Cc1cc(C(C)OCOc2ccccc2)c(C(C)C)c(C(C)OCOc2ccccc2)c1. The molecule has 4 heteroatoms. The number of hydrogen-bond donors (Lipinski definition) is 0. The van der Waals surface area contributed by atoms with E-state index in [0.29, 0.717) is 5.92 Å². The molecule has 32 heavy (non-hydrogen) atoms. The molecule has 2 atom stereocenters. The Labute approximate surface area is 192 Å². The van der Waals surface area contributed by atoms with Crippen molar-refractivity contribution >= 4 is 0 Å². The van der Waals surface area contributed by atoms with Crippen molar-refractivity contribution < 1.29 is 18.9 Å². The van der Waals surface area contributed by atoms with Gasteiger partial charge in [-0.25, -0.2) is 0 Å². The molecule has 0 spiro atoms. The van der Waals surface area contributed by atoms with Crippen LogP contribution in [0.15, 0.2) is 72.8 Å². The summed E-state index contributed by atoms with van der Waals surface area (Å²) in [7, 11) is 0. The van der Waals surface area contributed by atoms with Gasteiger partial charge in [0.2, 0.25) is 0 Å². The quantitative estimate of drug-likeness (QED) is 0.296. The molecule has 0 fully saturated rings. The van der Waals surface area contributed by atoms with Gasteiger partial charge in [0, 0.05) is 0 Å². The zero-order valence-electron chi connectivity index (χ0n) is 19.7. The topological polar surface area (TPSA) is 36.9 Å². The highest BCUT2D eigenvalue weighted by atomic mass is 16.7. The van der Waals surface area contributed by atoms with Gasteiger partial charge >= 0.3 is 0 Å². The summed E-state index contributed by atoms with van der Waals surface area (Å²) in [5.41, 5.74) is 4.78. The summed E-state index contributed by atoms with van der Waals surface area (Å²) in [4.78, 5) is 0. The Balaban J connectivity index is 1.70. The van der Waals surface area contributed by atoms with E-state index in [-0.39, 0.29) is 25.8 Å². The minimum Gasteiger partial charge on any atom is -0.468 e. The summed E-state index contributed by atoms with van der Waals surface area (Å²) in [6, 6.07) is 23.8. The van der Waals surface area contributed by atoms with Gasteiger partial charge in [-0.3, -0.25) is 0 Å². The first-order chi connectivity index (χ1) is 15.5. The van der Waals surface area contributed by atoms with E-state index < -0.39 is 0 Å². The van der Waals surface area contributed by atoms with E-state index in [4.69, 9.17) is 18.9 Å². The Morgan fingerprint density at radius 2 is 1.03 bits per heavy atom. The van der Waals surface area contributed by atoms with Gasteiger partial charge in [0.25, 0.3) is 0 Å². The summed E-state index contributed by atoms with van der Waals surface area (Å²) in [6.45, 7) is 11.1. The Morgan fingerprint density at radius 3 is 1.41 bits per heavy atom. The highest BCUT2D eigenvalue weighted by Gasteiger charge is 2.22. The summed E-state index contributed by atoms with van der Waals surface area (Å²) >= 11 is 0. The normalized spacial score (nSPS) is 13.1. The highest BCUT2D eigenvalue weighted by molar-refractivity contribution is 5.43. The standard InChI is InChI=1S/C28H34O4/c1-20(2)28-26(22(4)29-18-31-24-12-8-6-9-13-24)16-21(3)17-27(28)23(5)30-19-32-25-14-10-7-11-15-25/h6-17,20,22-23H,18-19H2,1-5H3. The molecule has 3 aromatic rings. The van der Waals surface area contributed by atoms with Gasteiger partial charge in [-0.05, 0) is 67.6 Å². The monoisotopic (exact) mass is 434 g/mol. The first-order valence-electron chi connectivity index (χ1n) is 11.2. The van der Waals surface area contributed by atoms with E-state index in [0.717, 1.165) is 11.5 Å². The molecule has 0 bridgehead atoms. The Hall–Kier alpha value is -2.82. The molecule has 0 saturated heterocycles. The second kappa shape index (κ2) is 11.7. The van der Waals surface area contributed by atoms with Crippen LogP contribution in [-0.2, 0) is 9.47 Å². The van der Waals surface area contributed by atoms with Crippen LogP contribution >= 0.6 is 0 Å². The van der Waals surface area contributed by atoms with Crippen LogP contribution in [-0.4, -0.2) is 13.6 Å². The van der Waals surface area contributed by atoms with Crippen molar-refractivity contribution in [2.45, 2.75) is 52.7 Å². The molecule has 3 aromatic carbocycles. The van der Waals surface area contributed by atoms with E-state index >= 15 is 0 Å². The highest BCUT2D eigenvalue weighted by Crippen LogP contribution is 2.35. The van der Waals surface area contributed by atoms with Gasteiger partial charge in [-0.2, -0.15) is 0 Å². The summed E-state index contributed by atoms with van der Waals surface area (Å²) in [6.07, 6.45) is -0.218. The third kappa shape index (κ3) is 6.59. The van der Waals surface area contributed by atoms with Crippen LogP contribution in [0.2, 0.25) is 0 Å². The number of aryl methyl sites for hydroxylation is 1. The number of benzene rings is 3. The first-order valence-corrected chi connectivity index (χ1v) is 11.2. The number of para-hydroxylation sites is 2. The van der Waals surface area contributed by atoms with Crippen molar-refractivity contribution in [1.82, 2.24) is 0 Å².